The standard InChI is InChI=1S/C12H17BrN2S/c1-2-16-12-5-3-4-11(12)15-10-6-7-14-8-9(10)13/h6-8,11-12H,2-5H2,1H3,(H,14,15)/t11-,12+/m0/s1. The summed E-state index contributed by atoms with van der Waals surface area (Å²) in [7, 11) is 0. The van der Waals surface area contributed by atoms with Crippen LogP contribution in [0.4, 0.5) is 5.69 Å². The molecule has 0 aromatic carbocycles. The predicted molar refractivity (Wildman–Crippen MR) is 75.1 cm³/mol. The third kappa shape index (κ3) is 2.92. The van der Waals surface area contributed by atoms with Gasteiger partial charge in [-0.05, 0) is 40.6 Å². The molecule has 16 heavy (non-hydrogen) atoms. The molecule has 1 aliphatic rings. The van der Waals surface area contributed by atoms with Gasteiger partial charge in [0.1, 0.15) is 0 Å². The Morgan fingerprint density at radius 1 is 1.56 bits per heavy atom. The SMILES string of the molecule is CCS[C@@H]1CCC[C@@H]1Nc1ccncc1Br. The van der Waals surface area contributed by atoms with Crippen molar-refractivity contribution in [3.63, 3.8) is 0 Å². The maximum absolute atomic E-state index is 4.08. The second-order valence-electron chi connectivity index (χ2n) is 4.03. The molecule has 2 atom stereocenters. The van der Waals surface area contributed by atoms with Gasteiger partial charge in [-0.3, -0.25) is 4.98 Å². The first-order valence-corrected chi connectivity index (χ1v) is 7.63. The lowest BCUT2D eigenvalue weighted by Gasteiger charge is -2.21. The van der Waals surface area contributed by atoms with Gasteiger partial charge in [-0.25, -0.2) is 0 Å². The molecule has 1 heterocycles. The minimum Gasteiger partial charge on any atom is -0.380 e. The van der Waals surface area contributed by atoms with Crippen LogP contribution in [0.1, 0.15) is 26.2 Å². The van der Waals surface area contributed by atoms with Crippen LogP contribution < -0.4 is 5.32 Å². The monoisotopic (exact) mass is 300 g/mol. The van der Waals surface area contributed by atoms with Gasteiger partial charge in [0.2, 0.25) is 0 Å². The first-order chi connectivity index (χ1) is 7.81. The largest absolute Gasteiger partial charge is 0.380 e. The lowest BCUT2D eigenvalue weighted by atomic mass is 10.2. The fraction of sp³-hybridized carbons (Fsp3) is 0.583. The molecule has 2 rings (SSSR count). The zero-order valence-corrected chi connectivity index (χ0v) is 11.9. The van der Waals surface area contributed by atoms with E-state index in [1.165, 1.54) is 30.7 Å². The van der Waals surface area contributed by atoms with Crippen LogP contribution in [0.25, 0.3) is 0 Å². The Hall–Kier alpha value is -0.220. The number of pyridine rings is 1. The van der Waals surface area contributed by atoms with Crippen LogP contribution in [0.5, 0.6) is 0 Å². The molecule has 0 saturated heterocycles. The smallest absolute Gasteiger partial charge is 0.0590 e. The van der Waals surface area contributed by atoms with Crippen LogP contribution in [0.3, 0.4) is 0 Å². The van der Waals surface area contributed by atoms with Crippen LogP contribution >= 0.6 is 27.7 Å². The quantitative estimate of drug-likeness (QED) is 0.912. The highest BCUT2D eigenvalue weighted by molar-refractivity contribution is 9.10. The fourth-order valence-electron chi connectivity index (χ4n) is 2.20. The molecule has 1 aliphatic carbocycles. The lowest BCUT2D eigenvalue weighted by Crippen LogP contribution is -2.26. The number of halogens is 1. The number of nitrogens with zero attached hydrogens (tertiary/aromatic N) is 1. The van der Waals surface area contributed by atoms with Gasteiger partial charge < -0.3 is 5.32 Å². The summed E-state index contributed by atoms with van der Waals surface area (Å²) >= 11 is 5.61. The van der Waals surface area contributed by atoms with Crippen LogP contribution in [0.15, 0.2) is 22.9 Å². The highest BCUT2D eigenvalue weighted by atomic mass is 79.9. The average Bonchev–Trinajstić information content (AvgIpc) is 2.70. The molecular weight excluding hydrogens is 284 g/mol. The Kier molecular flexibility index (Phi) is 4.53. The maximum atomic E-state index is 4.08. The number of aromatic nitrogens is 1. The van der Waals surface area contributed by atoms with E-state index in [1.807, 2.05) is 18.5 Å². The Morgan fingerprint density at radius 3 is 3.19 bits per heavy atom. The van der Waals surface area contributed by atoms with Crippen molar-refractivity contribution in [3.8, 4) is 0 Å². The van der Waals surface area contributed by atoms with Gasteiger partial charge in [0.15, 0.2) is 0 Å². The molecule has 88 valence electrons. The van der Waals surface area contributed by atoms with E-state index in [-0.39, 0.29) is 0 Å². The lowest BCUT2D eigenvalue weighted by molar-refractivity contribution is 0.767. The third-order valence-corrected chi connectivity index (χ3v) is 4.90. The number of thioether (sulfide) groups is 1. The van der Waals surface area contributed by atoms with E-state index >= 15 is 0 Å². The first-order valence-electron chi connectivity index (χ1n) is 5.79. The van der Waals surface area contributed by atoms with Gasteiger partial charge in [0, 0.05) is 23.7 Å². The van der Waals surface area contributed by atoms with E-state index in [4.69, 9.17) is 0 Å². The van der Waals surface area contributed by atoms with E-state index in [9.17, 15) is 0 Å². The van der Waals surface area contributed by atoms with Crippen molar-refractivity contribution in [1.29, 1.82) is 0 Å². The molecule has 0 unspecified atom stereocenters. The van der Waals surface area contributed by atoms with Gasteiger partial charge in [0.25, 0.3) is 0 Å². The van der Waals surface area contributed by atoms with Gasteiger partial charge in [-0.15, -0.1) is 0 Å². The van der Waals surface area contributed by atoms with Crippen molar-refractivity contribution < 1.29 is 0 Å². The minimum atomic E-state index is 0.614. The van der Waals surface area contributed by atoms with Gasteiger partial charge in [0.05, 0.1) is 10.2 Å². The molecule has 1 saturated carbocycles. The summed E-state index contributed by atoms with van der Waals surface area (Å²) in [5.74, 6) is 1.21. The normalized spacial score (nSPS) is 24.6. The van der Waals surface area contributed by atoms with E-state index < -0.39 is 0 Å². The molecule has 0 spiro atoms. The molecule has 0 amide bonds. The Labute approximate surface area is 110 Å². The van der Waals surface area contributed by atoms with Crippen LogP contribution in [0, 0.1) is 0 Å². The van der Waals surface area contributed by atoms with Crippen LogP contribution in [-0.4, -0.2) is 22.0 Å². The summed E-state index contributed by atoms with van der Waals surface area (Å²) in [5.41, 5.74) is 1.17. The van der Waals surface area contributed by atoms with Crippen molar-refractivity contribution in [2.45, 2.75) is 37.5 Å². The van der Waals surface area contributed by atoms with Crippen molar-refractivity contribution in [2.75, 3.05) is 11.1 Å². The molecule has 2 nitrogen and oxygen atoms in total. The number of rotatable bonds is 4. The molecule has 1 aromatic rings. The number of hydrogen-bond donors (Lipinski definition) is 1. The molecule has 0 bridgehead atoms. The van der Waals surface area contributed by atoms with Crippen molar-refractivity contribution in [3.05, 3.63) is 22.9 Å². The molecule has 1 fully saturated rings. The number of nitrogens with one attached hydrogen (secondary N) is 1. The predicted octanol–water partition coefficient (Wildman–Crippen LogP) is 3.93. The third-order valence-electron chi connectivity index (χ3n) is 2.95. The summed E-state index contributed by atoms with van der Waals surface area (Å²) < 4.78 is 1.06. The zero-order chi connectivity index (χ0) is 11.4. The topological polar surface area (TPSA) is 24.9 Å². The van der Waals surface area contributed by atoms with Crippen molar-refractivity contribution >= 4 is 33.4 Å². The maximum Gasteiger partial charge on any atom is 0.0590 e. The molecule has 4 heteroatoms. The van der Waals surface area contributed by atoms with Gasteiger partial charge in [-0.1, -0.05) is 13.3 Å². The van der Waals surface area contributed by atoms with Gasteiger partial charge in [-0.2, -0.15) is 11.8 Å². The molecule has 0 radical (unpaired) electrons. The van der Waals surface area contributed by atoms with E-state index in [0.29, 0.717) is 6.04 Å². The number of anilines is 1. The molecular formula is C12H17BrN2S. The second-order valence-corrected chi connectivity index (χ2v) is 6.40. The highest BCUT2D eigenvalue weighted by Gasteiger charge is 2.27. The number of hydrogen-bond acceptors (Lipinski definition) is 3. The summed E-state index contributed by atoms with van der Waals surface area (Å²) in [4.78, 5) is 4.08. The molecule has 0 aliphatic heterocycles. The summed E-state index contributed by atoms with van der Waals surface area (Å²) in [6, 6.07) is 2.65. The Bertz CT molecular complexity index is 346. The van der Waals surface area contributed by atoms with Crippen molar-refractivity contribution in [1.82, 2.24) is 4.98 Å². The van der Waals surface area contributed by atoms with Gasteiger partial charge >= 0.3 is 0 Å². The molecule has 1 N–H and O–H groups in total. The van der Waals surface area contributed by atoms with E-state index in [2.05, 4.69) is 44.9 Å². The Morgan fingerprint density at radius 2 is 2.44 bits per heavy atom. The van der Waals surface area contributed by atoms with E-state index in [1.54, 1.807) is 0 Å². The Balaban J connectivity index is 2.01. The van der Waals surface area contributed by atoms with Crippen LogP contribution in [0.2, 0.25) is 0 Å². The van der Waals surface area contributed by atoms with Crippen LogP contribution in [-0.2, 0) is 0 Å². The second kappa shape index (κ2) is 5.92. The summed E-state index contributed by atoms with van der Waals surface area (Å²) in [5, 5.41) is 4.40. The average molecular weight is 301 g/mol. The first kappa shape index (κ1) is 12.2. The molecule has 1 aromatic heterocycles. The summed E-state index contributed by atoms with van der Waals surface area (Å²) in [6.45, 7) is 2.24. The zero-order valence-electron chi connectivity index (χ0n) is 9.45. The van der Waals surface area contributed by atoms with Crippen molar-refractivity contribution in [2.24, 2.45) is 0 Å². The summed E-state index contributed by atoms with van der Waals surface area (Å²) in [6.07, 6.45) is 7.66. The van der Waals surface area contributed by atoms with E-state index in [0.717, 1.165) is 9.72 Å². The fourth-order valence-corrected chi connectivity index (χ4v) is 3.76. The minimum absolute atomic E-state index is 0.614. The highest BCUT2D eigenvalue weighted by Crippen LogP contribution is 2.33.